The van der Waals surface area contributed by atoms with E-state index in [1.54, 1.807) is 0 Å². The number of carbonyl (C=O) groups excluding carboxylic acids is 1. The lowest BCUT2D eigenvalue weighted by atomic mass is 9.82. The lowest BCUT2D eigenvalue weighted by Gasteiger charge is -2.33. The van der Waals surface area contributed by atoms with Gasteiger partial charge >= 0.3 is 0 Å². The Kier molecular flexibility index (Phi) is 6.49. The van der Waals surface area contributed by atoms with Gasteiger partial charge < -0.3 is 9.64 Å². The topological polar surface area (TPSA) is 29.5 Å². The lowest BCUT2D eigenvalue weighted by molar-refractivity contribution is -0.133. The highest BCUT2D eigenvalue weighted by Crippen LogP contribution is 2.37. The third-order valence-corrected chi connectivity index (χ3v) is 7.06. The van der Waals surface area contributed by atoms with Gasteiger partial charge in [-0.25, -0.2) is 0 Å². The fourth-order valence-electron chi connectivity index (χ4n) is 3.78. The van der Waals surface area contributed by atoms with Gasteiger partial charge in [-0.1, -0.05) is 44.5 Å². The summed E-state index contributed by atoms with van der Waals surface area (Å²) in [4.78, 5) is 14.8. The number of nitrogens with zero attached hydrogens (tertiary/aromatic N) is 1. The molecular weight excluding hydrogens is 302 g/mol. The fourth-order valence-corrected chi connectivity index (χ4v) is 4.54. The summed E-state index contributed by atoms with van der Waals surface area (Å²) in [6.45, 7) is 12.5. The first-order chi connectivity index (χ1) is 10.8. The maximum atomic E-state index is 12.8. The van der Waals surface area contributed by atoms with Gasteiger partial charge in [-0.15, -0.1) is 0 Å². The Morgan fingerprint density at radius 1 is 1.17 bits per heavy atom. The number of amides is 1. The minimum absolute atomic E-state index is 0.230. The van der Waals surface area contributed by atoms with Gasteiger partial charge in [-0.05, 0) is 45.1 Å². The molecule has 3 nitrogen and oxygen atoms in total. The zero-order chi connectivity index (χ0) is 17.0. The van der Waals surface area contributed by atoms with E-state index >= 15 is 0 Å². The van der Waals surface area contributed by atoms with Gasteiger partial charge in [-0.3, -0.25) is 4.79 Å². The van der Waals surface area contributed by atoms with Crippen molar-refractivity contribution in [2.45, 2.75) is 84.1 Å². The van der Waals surface area contributed by atoms with E-state index in [2.05, 4.69) is 33.5 Å². The number of rotatable bonds is 6. The summed E-state index contributed by atoms with van der Waals surface area (Å²) in [7, 11) is -1.07. The highest BCUT2D eigenvalue weighted by molar-refractivity contribution is 6.76. The van der Waals surface area contributed by atoms with E-state index < -0.39 is 8.07 Å². The van der Waals surface area contributed by atoms with Gasteiger partial charge in [0.05, 0.1) is 0 Å². The van der Waals surface area contributed by atoms with Crippen LogP contribution in [0.3, 0.4) is 0 Å². The molecule has 2 aliphatic rings. The van der Waals surface area contributed by atoms with Crippen LogP contribution in [0.15, 0.2) is 11.1 Å². The SMILES string of the molecule is CC(C)=C1C[C@H](C2CCCCC2)N(COCC[Si](C)(C)C)C1=O. The molecule has 4 heteroatoms. The predicted molar refractivity (Wildman–Crippen MR) is 99.2 cm³/mol. The second kappa shape index (κ2) is 7.97. The maximum absolute atomic E-state index is 12.8. The molecule has 2 fully saturated rings. The third-order valence-electron chi connectivity index (χ3n) is 5.36. The van der Waals surface area contributed by atoms with Crippen molar-refractivity contribution in [3.05, 3.63) is 11.1 Å². The molecule has 2 rings (SSSR count). The van der Waals surface area contributed by atoms with E-state index in [1.165, 1.54) is 43.7 Å². The summed E-state index contributed by atoms with van der Waals surface area (Å²) in [6, 6.07) is 1.54. The predicted octanol–water partition coefficient (Wildman–Crippen LogP) is 4.82. The van der Waals surface area contributed by atoms with E-state index in [0.717, 1.165) is 18.6 Å². The average molecular weight is 338 g/mol. The Bertz CT molecular complexity index is 443. The highest BCUT2D eigenvalue weighted by atomic mass is 28.3. The van der Waals surface area contributed by atoms with E-state index in [0.29, 0.717) is 18.7 Å². The Morgan fingerprint density at radius 2 is 1.83 bits per heavy atom. The van der Waals surface area contributed by atoms with Crippen LogP contribution in [0.25, 0.3) is 0 Å². The van der Waals surface area contributed by atoms with Crippen molar-refractivity contribution in [1.82, 2.24) is 4.90 Å². The summed E-state index contributed by atoms with van der Waals surface area (Å²) < 4.78 is 5.93. The molecular formula is C19H35NO2Si. The average Bonchev–Trinajstić information content (AvgIpc) is 2.81. The van der Waals surface area contributed by atoms with Crippen molar-refractivity contribution in [3.8, 4) is 0 Å². The van der Waals surface area contributed by atoms with Crippen LogP contribution in [-0.4, -0.2) is 38.3 Å². The minimum atomic E-state index is -1.07. The normalized spacial score (nSPS) is 23.7. The van der Waals surface area contributed by atoms with Crippen LogP contribution in [-0.2, 0) is 9.53 Å². The van der Waals surface area contributed by atoms with Crippen LogP contribution < -0.4 is 0 Å². The Balaban J connectivity index is 1.99. The first-order valence-electron chi connectivity index (χ1n) is 9.34. The van der Waals surface area contributed by atoms with E-state index in [-0.39, 0.29) is 5.91 Å². The van der Waals surface area contributed by atoms with Gasteiger partial charge in [0.1, 0.15) is 6.73 Å². The van der Waals surface area contributed by atoms with Crippen molar-refractivity contribution in [2.75, 3.05) is 13.3 Å². The van der Waals surface area contributed by atoms with Crippen LogP contribution >= 0.6 is 0 Å². The molecule has 1 saturated carbocycles. The Labute approximate surface area is 143 Å². The molecule has 0 aromatic heterocycles. The first-order valence-corrected chi connectivity index (χ1v) is 13.1. The van der Waals surface area contributed by atoms with Crippen LogP contribution in [0.1, 0.15) is 52.4 Å². The Hall–Kier alpha value is -0.613. The molecule has 23 heavy (non-hydrogen) atoms. The van der Waals surface area contributed by atoms with Gasteiger partial charge in [-0.2, -0.15) is 0 Å². The van der Waals surface area contributed by atoms with E-state index in [4.69, 9.17) is 4.74 Å². The van der Waals surface area contributed by atoms with Crippen LogP contribution in [0.5, 0.6) is 0 Å². The second-order valence-electron chi connectivity index (χ2n) is 8.77. The molecule has 1 aliphatic heterocycles. The molecule has 1 aliphatic carbocycles. The smallest absolute Gasteiger partial charge is 0.251 e. The minimum Gasteiger partial charge on any atom is -0.361 e. The fraction of sp³-hybridized carbons (Fsp3) is 0.842. The van der Waals surface area contributed by atoms with Crippen molar-refractivity contribution in [2.24, 2.45) is 5.92 Å². The monoisotopic (exact) mass is 337 g/mol. The molecule has 0 radical (unpaired) electrons. The van der Waals surface area contributed by atoms with E-state index in [9.17, 15) is 4.79 Å². The van der Waals surface area contributed by atoms with Crippen LogP contribution in [0.2, 0.25) is 25.7 Å². The number of carbonyl (C=O) groups is 1. The molecule has 0 aromatic rings. The molecule has 1 atom stereocenters. The van der Waals surface area contributed by atoms with Gasteiger partial charge in [0.15, 0.2) is 0 Å². The molecule has 1 amide bonds. The molecule has 0 unspecified atom stereocenters. The number of likely N-dealkylation sites (tertiary alicyclic amines) is 1. The largest absolute Gasteiger partial charge is 0.361 e. The summed E-state index contributed by atoms with van der Waals surface area (Å²) in [5, 5.41) is 0. The standard InChI is InChI=1S/C19H35NO2Si/c1-15(2)17-13-18(16-9-7-6-8-10-16)20(19(17)21)14-22-11-12-23(3,4)5/h16,18H,6-14H2,1-5H3/t18-/m1/s1. The van der Waals surface area contributed by atoms with E-state index in [1.807, 2.05) is 4.90 Å². The molecule has 0 N–H and O–H groups in total. The van der Waals surface area contributed by atoms with Crippen molar-refractivity contribution in [1.29, 1.82) is 0 Å². The number of allylic oxidation sites excluding steroid dienone is 1. The van der Waals surface area contributed by atoms with Gasteiger partial charge in [0.2, 0.25) is 0 Å². The summed E-state index contributed by atoms with van der Waals surface area (Å²) in [6.07, 6.45) is 7.50. The summed E-state index contributed by atoms with van der Waals surface area (Å²) in [5.74, 6) is 0.902. The van der Waals surface area contributed by atoms with Crippen molar-refractivity contribution < 1.29 is 9.53 Å². The molecule has 0 aromatic carbocycles. The third kappa shape index (κ3) is 5.18. The summed E-state index contributed by atoms with van der Waals surface area (Å²) in [5.41, 5.74) is 2.22. The quantitative estimate of drug-likeness (QED) is 0.395. The molecule has 0 spiro atoms. The zero-order valence-corrected chi connectivity index (χ0v) is 16.8. The van der Waals surface area contributed by atoms with Crippen molar-refractivity contribution >= 4 is 14.0 Å². The highest BCUT2D eigenvalue weighted by Gasteiger charge is 2.40. The zero-order valence-electron chi connectivity index (χ0n) is 15.8. The maximum Gasteiger partial charge on any atom is 0.251 e. The molecule has 1 heterocycles. The number of hydrogen-bond acceptors (Lipinski definition) is 2. The molecule has 132 valence electrons. The molecule has 0 bridgehead atoms. The number of ether oxygens (including phenoxy) is 1. The van der Waals surface area contributed by atoms with Gasteiger partial charge in [0, 0.05) is 26.3 Å². The van der Waals surface area contributed by atoms with Crippen LogP contribution in [0, 0.1) is 5.92 Å². The summed E-state index contributed by atoms with van der Waals surface area (Å²) >= 11 is 0. The first kappa shape index (κ1) is 18.7. The number of hydrogen-bond donors (Lipinski definition) is 0. The second-order valence-corrected chi connectivity index (χ2v) is 14.4. The Morgan fingerprint density at radius 3 is 2.39 bits per heavy atom. The van der Waals surface area contributed by atoms with Crippen LogP contribution in [0.4, 0.5) is 0 Å². The lowest BCUT2D eigenvalue weighted by Crippen LogP contribution is -2.40. The van der Waals surface area contributed by atoms with Gasteiger partial charge in [0.25, 0.3) is 5.91 Å². The van der Waals surface area contributed by atoms with Crippen molar-refractivity contribution in [3.63, 3.8) is 0 Å². The molecule has 1 saturated heterocycles.